The average Bonchev–Trinajstić information content (AvgIpc) is 2.38. The summed E-state index contributed by atoms with van der Waals surface area (Å²) in [5.74, 6) is 0. The molecule has 0 heterocycles. The maximum absolute atomic E-state index is 12.6. The van der Waals surface area contributed by atoms with Crippen LogP contribution in [-0.4, -0.2) is 32.0 Å². The summed E-state index contributed by atoms with van der Waals surface area (Å²) < 4.78 is 42.1. The van der Waals surface area contributed by atoms with Gasteiger partial charge in [0.2, 0.25) is 0 Å². The Hall–Kier alpha value is -1.32. The molecule has 0 saturated heterocycles. The van der Waals surface area contributed by atoms with Gasteiger partial charge in [-0.25, -0.2) is 0 Å². The Morgan fingerprint density at radius 3 is 2.55 bits per heavy atom. The van der Waals surface area contributed by atoms with Crippen LogP contribution >= 0.6 is 0 Å². The van der Waals surface area contributed by atoms with Gasteiger partial charge in [-0.2, -0.15) is 18.4 Å². The molecule has 0 fully saturated rings. The summed E-state index contributed by atoms with van der Waals surface area (Å²) in [6.07, 6.45) is -1.66. The van der Waals surface area contributed by atoms with Gasteiger partial charge in [-0.05, 0) is 6.42 Å². The normalized spacial score (nSPS) is 15.5. The lowest BCUT2D eigenvalue weighted by Gasteiger charge is -2.22. The largest absolute Gasteiger partial charge is 0.414 e. The van der Waals surface area contributed by atoms with Gasteiger partial charge in [-0.3, -0.25) is 5.32 Å². The molecule has 0 spiro atoms. The lowest BCUT2D eigenvalue weighted by Crippen LogP contribution is -2.39. The molecule has 6 heteroatoms. The molecule has 2 unspecified atom stereocenters. The van der Waals surface area contributed by atoms with E-state index in [4.69, 9.17) is 5.26 Å². The zero-order chi connectivity index (χ0) is 15.6. The number of rotatable bonds is 9. The third kappa shape index (κ3) is 7.31. The molecule has 3 nitrogen and oxygen atoms in total. The molecule has 20 heavy (non-hydrogen) atoms. The van der Waals surface area contributed by atoms with Crippen LogP contribution in [0.25, 0.3) is 0 Å². The molecule has 0 aromatic carbocycles. The number of alkyl halides is 3. The highest BCUT2D eigenvalue weighted by atomic mass is 19.4. The predicted octanol–water partition coefficient (Wildman–Crippen LogP) is 3.35. The summed E-state index contributed by atoms with van der Waals surface area (Å²) in [6.45, 7) is 5.96. The van der Waals surface area contributed by atoms with Crippen LogP contribution in [0.2, 0.25) is 0 Å². The van der Waals surface area contributed by atoms with Crippen molar-refractivity contribution in [2.45, 2.75) is 44.5 Å². The number of nitriles is 1. The molecule has 2 atom stereocenters. The van der Waals surface area contributed by atoms with E-state index in [1.165, 1.54) is 0 Å². The Labute approximate surface area is 118 Å². The molecule has 114 valence electrons. The van der Waals surface area contributed by atoms with E-state index in [9.17, 15) is 13.2 Å². The van der Waals surface area contributed by atoms with Gasteiger partial charge in [0, 0.05) is 20.1 Å². The van der Waals surface area contributed by atoms with E-state index >= 15 is 0 Å². The number of allylic oxidation sites excluding steroid dienone is 2. The Morgan fingerprint density at radius 2 is 2.15 bits per heavy atom. The first-order valence-corrected chi connectivity index (χ1v) is 6.42. The van der Waals surface area contributed by atoms with Gasteiger partial charge in [0.15, 0.2) is 6.10 Å². The van der Waals surface area contributed by atoms with Crippen LogP contribution in [0.3, 0.4) is 0 Å². The Morgan fingerprint density at radius 1 is 1.50 bits per heavy atom. The summed E-state index contributed by atoms with van der Waals surface area (Å²) in [7, 11) is 0.993. The number of nitrogens with zero attached hydrogens (tertiary/aromatic N) is 1. The molecule has 0 aliphatic heterocycles. The first-order chi connectivity index (χ1) is 9.38. The van der Waals surface area contributed by atoms with Crippen LogP contribution < -0.4 is 5.32 Å². The van der Waals surface area contributed by atoms with E-state index in [1.54, 1.807) is 6.08 Å². The summed E-state index contributed by atoms with van der Waals surface area (Å²) >= 11 is 0. The van der Waals surface area contributed by atoms with Gasteiger partial charge >= 0.3 is 6.18 Å². The van der Waals surface area contributed by atoms with Crippen molar-refractivity contribution in [3.8, 4) is 6.07 Å². The second-order valence-corrected chi connectivity index (χ2v) is 4.37. The van der Waals surface area contributed by atoms with E-state index in [0.717, 1.165) is 25.5 Å². The molecule has 0 amide bonds. The third-order valence-electron chi connectivity index (χ3n) is 2.76. The molecule has 0 radical (unpaired) electrons. The standard InChI is InChI=1S/C14H21F3N2O/c1-4-6-11(7-5-2)10-19-12(9-18)8-13(20-3)14(15,16)17/h4,6,12-13,19H,1,5,7-8,10H2,2-3H3/b11-6+. The van der Waals surface area contributed by atoms with Gasteiger partial charge in [-0.15, -0.1) is 0 Å². The molecule has 0 rings (SSSR count). The van der Waals surface area contributed by atoms with E-state index in [0.29, 0.717) is 6.54 Å². The molecule has 0 aromatic rings. The lowest BCUT2D eigenvalue weighted by molar-refractivity contribution is -0.215. The molecule has 0 saturated carbocycles. The second-order valence-electron chi connectivity index (χ2n) is 4.37. The first-order valence-electron chi connectivity index (χ1n) is 6.42. The van der Waals surface area contributed by atoms with E-state index in [1.807, 2.05) is 19.1 Å². The smallest absolute Gasteiger partial charge is 0.372 e. The fourth-order valence-corrected chi connectivity index (χ4v) is 1.73. The maximum atomic E-state index is 12.6. The van der Waals surface area contributed by atoms with Gasteiger partial charge < -0.3 is 4.74 Å². The van der Waals surface area contributed by atoms with Crippen molar-refractivity contribution in [3.63, 3.8) is 0 Å². The van der Waals surface area contributed by atoms with Crippen LogP contribution in [0.15, 0.2) is 24.3 Å². The van der Waals surface area contributed by atoms with Gasteiger partial charge in [-0.1, -0.05) is 37.6 Å². The minimum absolute atomic E-state index is 0.367. The highest BCUT2D eigenvalue weighted by Crippen LogP contribution is 2.25. The third-order valence-corrected chi connectivity index (χ3v) is 2.76. The first kappa shape index (κ1) is 18.7. The van der Waals surface area contributed by atoms with Crippen molar-refractivity contribution in [2.24, 2.45) is 0 Å². The topological polar surface area (TPSA) is 45.0 Å². The van der Waals surface area contributed by atoms with Crippen LogP contribution in [0.1, 0.15) is 26.2 Å². The van der Waals surface area contributed by atoms with Crippen molar-refractivity contribution in [1.29, 1.82) is 5.26 Å². The highest BCUT2D eigenvalue weighted by Gasteiger charge is 2.41. The number of hydrogen-bond acceptors (Lipinski definition) is 3. The van der Waals surface area contributed by atoms with Crippen LogP contribution in [0.4, 0.5) is 13.2 Å². The van der Waals surface area contributed by atoms with Gasteiger partial charge in [0.25, 0.3) is 0 Å². The number of hydrogen-bond donors (Lipinski definition) is 1. The molecule has 1 N–H and O–H groups in total. The molecule has 0 bridgehead atoms. The Balaban J connectivity index is 4.52. The number of halogens is 3. The molecule has 0 aliphatic carbocycles. The Bertz CT molecular complexity index is 358. The minimum atomic E-state index is -4.46. The maximum Gasteiger partial charge on any atom is 0.414 e. The summed E-state index contributed by atoms with van der Waals surface area (Å²) in [6, 6.07) is 0.924. The average molecular weight is 290 g/mol. The van der Waals surface area contributed by atoms with E-state index in [-0.39, 0.29) is 0 Å². The van der Waals surface area contributed by atoms with Gasteiger partial charge in [0.1, 0.15) is 0 Å². The van der Waals surface area contributed by atoms with E-state index < -0.39 is 24.7 Å². The highest BCUT2D eigenvalue weighted by molar-refractivity contribution is 5.12. The molecule has 0 aliphatic rings. The zero-order valence-corrected chi connectivity index (χ0v) is 11.8. The lowest BCUT2D eigenvalue weighted by atomic mass is 10.1. The minimum Gasteiger partial charge on any atom is -0.372 e. The molecular weight excluding hydrogens is 269 g/mol. The summed E-state index contributed by atoms with van der Waals surface area (Å²) in [5.41, 5.74) is 1.00. The van der Waals surface area contributed by atoms with Crippen molar-refractivity contribution >= 4 is 0 Å². The molecular formula is C14H21F3N2O. The second kappa shape index (κ2) is 9.56. The Kier molecular flexibility index (Phi) is 8.93. The van der Waals surface area contributed by atoms with Crippen molar-refractivity contribution in [1.82, 2.24) is 5.32 Å². The predicted molar refractivity (Wildman–Crippen MR) is 72.1 cm³/mol. The number of ether oxygens (including phenoxy) is 1. The fourth-order valence-electron chi connectivity index (χ4n) is 1.73. The SMILES string of the molecule is C=C/C=C(\CCC)CNC(C#N)CC(OC)C(F)(F)F. The quantitative estimate of drug-likeness (QED) is 0.662. The van der Waals surface area contributed by atoms with Crippen LogP contribution in [0.5, 0.6) is 0 Å². The number of methoxy groups -OCH3 is 1. The molecule has 0 aromatic heterocycles. The van der Waals surface area contributed by atoms with E-state index in [2.05, 4.69) is 16.6 Å². The zero-order valence-electron chi connectivity index (χ0n) is 11.8. The van der Waals surface area contributed by atoms with Crippen molar-refractivity contribution in [3.05, 3.63) is 24.3 Å². The summed E-state index contributed by atoms with van der Waals surface area (Å²) in [5, 5.41) is 11.8. The number of nitrogens with one attached hydrogen (secondary N) is 1. The van der Waals surface area contributed by atoms with Crippen molar-refractivity contribution in [2.75, 3.05) is 13.7 Å². The van der Waals surface area contributed by atoms with Crippen LogP contribution in [0, 0.1) is 11.3 Å². The fraction of sp³-hybridized carbons (Fsp3) is 0.643. The summed E-state index contributed by atoms with van der Waals surface area (Å²) in [4.78, 5) is 0. The van der Waals surface area contributed by atoms with Gasteiger partial charge in [0.05, 0.1) is 12.1 Å². The monoisotopic (exact) mass is 290 g/mol. The van der Waals surface area contributed by atoms with Crippen molar-refractivity contribution < 1.29 is 17.9 Å². The van der Waals surface area contributed by atoms with Crippen LogP contribution in [-0.2, 0) is 4.74 Å².